The zero-order valence-corrected chi connectivity index (χ0v) is 14.2. The summed E-state index contributed by atoms with van der Waals surface area (Å²) in [5.74, 6) is 0. The molecule has 1 aromatic carbocycles. The van der Waals surface area contributed by atoms with Crippen LogP contribution in [0.25, 0.3) is 0 Å². The van der Waals surface area contributed by atoms with E-state index >= 15 is 0 Å². The summed E-state index contributed by atoms with van der Waals surface area (Å²) in [4.78, 5) is 10.9. The predicted octanol–water partition coefficient (Wildman–Crippen LogP) is 3.54. The number of hydrogen-bond acceptors (Lipinski definition) is 3. The van der Waals surface area contributed by atoms with E-state index in [1.54, 1.807) is 0 Å². The van der Waals surface area contributed by atoms with Gasteiger partial charge in [0.2, 0.25) is 0 Å². The maximum atomic E-state index is 4.30. The molecule has 0 aliphatic heterocycles. The molecule has 0 fully saturated rings. The standard InChI is InChI=1S/C20H24N4/c1-2-24-17-22-14-20(24)16-23(15-19-8-11-21-12-9-19)13-10-18-6-4-3-5-7-18/h3-9,11-12,14,17H,2,10,13,15-16H2,1H3. The lowest BCUT2D eigenvalue weighted by atomic mass is 10.1. The van der Waals surface area contributed by atoms with E-state index in [1.807, 2.05) is 24.9 Å². The lowest BCUT2D eigenvalue weighted by Gasteiger charge is -2.23. The quantitative estimate of drug-likeness (QED) is 0.636. The van der Waals surface area contributed by atoms with Gasteiger partial charge in [0.15, 0.2) is 0 Å². The molecule has 4 nitrogen and oxygen atoms in total. The lowest BCUT2D eigenvalue weighted by Crippen LogP contribution is -2.26. The molecule has 0 amide bonds. The normalized spacial score (nSPS) is 11.1. The van der Waals surface area contributed by atoms with Gasteiger partial charge in [0.25, 0.3) is 0 Å². The average Bonchev–Trinajstić information content (AvgIpc) is 3.08. The molecule has 0 aliphatic rings. The van der Waals surface area contributed by atoms with Crippen molar-refractivity contribution in [3.05, 3.63) is 84.2 Å². The van der Waals surface area contributed by atoms with Gasteiger partial charge in [-0.25, -0.2) is 4.98 Å². The van der Waals surface area contributed by atoms with Gasteiger partial charge in [0.1, 0.15) is 0 Å². The van der Waals surface area contributed by atoms with Crippen LogP contribution in [-0.4, -0.2) is 26.0 Å². The largest absolute Gasteiger partial charge is 0.334 e. The van der Waals surface area contributed by atoms with Gasteiger partial charge in [-0.15, -0.1) is 0 Å². The second-order valence-corrected chi connectivity index (χ2v) is 5.97. The Balaban J connectivity index is 1.70. The Bertz CT molecular complexity index is 722. The monoisotopic (exact) mass is 320 g/mol. The molecule has 0 atom stereocenters. The van der Waals surface area contributed by atoms with Crippen LogP contribution >= 0.6 is 0 Å². The van der Waals surface area contributed by atoms with E-state index in [4.69, 9.17) is 0 Å². The number of rotatable bonds is 8. The molecule has 0 radical (unpaired) electrons. The van der Waals surface area contributed by atoms with Crippen LogP contribution in [0.2, 0.25) is 0 Å². The maximum absolute atomic E-state index is 4.30. The van der Waals surface area contributed by atoms with Crippen LogP contribution in [0.4, 0.5) is 0 Å². The van der Waals surface area contributed by atoms with Crippen molar-refractivity contribution in [2.75, 3.05) is 6.54 Å². The number of aryl methyl sites for hydroxylation is 1. The second kappa shape index (κ2) is 8.41. The smallest absolute Gasteiger partial charge is 0.0948 e. The topological polar surface area (TPSA) is 34.0 Å². The summed E-state index contributed by atoms with van der Waals surface area (Å²) < 4.78 is 2.21. The highest BCUT2D eigenvalue weighted by Gasteiger charge is 2.10. The summed E-state index contributed by atoms with van der Waals surface area (Å²) in [7, 11) is 0. The summed E-state index contributed by atoms with van der Waals surface area (Å²) in [5, 5.41) is 0. The van der Waals surface area contributed by atoms with Gasteiger partial charge in [0, 0.05) is 44.8 Å². The SMILES string of the molecule is CCn1cncc1CN(CCc1ccccc1)Cc1ccncc1. The summed E-state index contributed by atoms with van der Waals surface area (Å²) in [6, 6.07) is 14.8. The first-order chi connectivity index (χ1) is 11.8. The zero-order valence-electron chi connectivity index (χ0n) is 14.2. The first-order valence-electron chi connectivity index (χ1n) is 8.49. The summed E-state index contributed by atoms with van der Waals surface area (Å²) in [6.45, 7) is 5.95. The average molecular weight is 320 g/mol. The Kier molecular flexibility index (Phi) is 5.75. The van der Waals surface area contributed by atoms with Crippen molar-refractivity contribution in [3.8, 4) is 0 Å². The third-order valence-corrected chi connectivity index (χ3v) is 4.24. The fraction of sp³-hybridized carbons (Fsp3) is 0.300. The van der Waals surface area contributed by atoms with Gasteiger partial charge < -0.3 is 4.57 Å². The van der Waals surface area contributed by atoms with Crippen LogP contribution in [0.5, 0.6) is 0 Å². The molecule has 3 aromatic rings. The Morgan fingerprint density at radius 1 is 0.917 bits per heavy atom. The minimum Gasteiger partial charge on any atom is -0.334 e. The third-order valence-electron chi connectivity index (χ3n) is 4.24. The Morgan fingerprint density at radius 3 is 2.46 bits per heavy atom. The number of hydrogen-bond donors (Lipinski definition) is 0. The van der Waals surface area contributed by atoms with E-state index in [-0.39, 0.29) is 0 Å². The van der Waals surface area contributed by atoms with Crippen LogP contribution in [0.3, 0.4) is 0 Å². The number of pyridine rings is 1. The van der Waals surface area contributed by atoms with E-state index in [0.29, 0.717) is 0 Å². The maximum Gasteiger partial charge on any atom is 0.0948 e. The van der Waals surface area contributed by atoms with Crippen LogP contribution in [-0.2, 0) is 26.1 Å². The van der Waals surface area contributed by atoms with E-state index in [0.717, 1.165) is 32.6 Å². The minimum atomic E-state index is 0.906. The Labute approximate surface area is 143 Å². The van der Waals surface area contributed by atoms with Gasteiger partial charge in [-0.3, -0.25) is 9.88 Å². The molecule has 0 bridgehead atoms. The van der Waals surface area contributed by atoms with E-state index in [9.17, 15) is 0 Å². The second-order valence-electron chi connectivity index (χ2n) is 5.97. The van der Waals surface area contributed by atoms with Crippen molar-refractivity contribution in [3.63, 3.8) is 0 Å². The molecule has 0 spiro atoms. The highest BCUT2D eigenvalue weighted by Crippen LogP contribution is 2.11. The van der Waals surface area contributed by atoms with Crippen molar-refractivity contribution in [2.24, 2.45) is 0 Å². The fourth-order valence-electron chi connectivity index (χ4n) is 2.89. The van der Waals surface area contributed by atoms with Crippen molar-refractivity contribution in [1.29, 1.82) is 0 Å². The number of imidazole rings is 1. The first kappa shape index (κ1) is 16.4. The molecule has 2 aromatic heterocycles. The van der Waals surface area contributed by atoms with Gasteiger partial charge in [-0.05, 0) is 36.6 Å². The minimum absolute atomic E-state index is 0.906. The van der Waals surface area contributed by atoms with E-state index in [2.05, 4.69) is 68.8 Å². The molecule has 124 valence electrons. The summed E-state index contributed by atoms with van der Waals surface area (Å²) >= 11 is 0. The Hall–Kier alpha value is -2.46. The summed E-state index contributed by atoms with van der Waals surface area (Å²) in [5.41, 5.74) is 3.93. The lowest BCUT2D eigenvalue weighted by molar-refractivity contribution is 0.253. The molecule has 24 heavy (non-hydrogen) atoms. The van der Waals surface area contributed by atoms with E-state index in [1.165, 1.54) is 16.8 Å². The molecular formula is C20H24N4. The highest BCUT2D eigenvalue weighted by molar-refractivity contribution is 5.15. The van der Waals surface area contributed by atoms with Crippen LogP contribution < -0.4 is 0 Å². The molecule has 0 saturated heterocycles. The van der Waals surface area contributed by atoms with Crippen LogP contribution in [0.15, 0.2) is 67.4 Å². The third kappa shape index (κ3) is 4.52. The fourth-order valence-corrected chi connectivity index (χ4v) is 2.89. The molecule has 0 N–H and O–H groups in total. The van der Waals surface area contributed by atoms with Crippen molar-refractivity contribution in [2.45, 2.75) is 33.0 Å². The van der Waals surface area contributed by atoms with Gasteiger partial charge in [-0.2, -0.15) is 0 Å². The number of aromatic nitrogens is 3. The predicted molar refractivity (Wildman–Crippen MR) is 96.4 cm³/mol. The number of benzene rings is 1. The summed E-state index contributed by atoms with van der Waals surface area (Å²) in [6.07, 6.45) is 8.66. The van der Waals surface area contributed by atoms with E-state index < -0.39 is 0 Å². The van der Waals surface area contributed by atoms with Crippen LogP contribution in [0, 0.1) is 0 Å². The molecule has 0 saturated carbocycles. The van der Waals surface area contributed by atoms with Crippen molar-refractivity contribution < 1.29 is 0 Å². The molecule has 2 heterocycles. The van der Waals surface area contributed by atoms with Gasteiger partial charge in [0.05, 0.1) is 12.0 Å². The zero-order chi connectivity index (χ0) is 16.6. The highest BCUT2D eigenvalue weighted by atomic mass is 15.2. The molecule has 3 rings (SSSR count). The van der Waals surface area contributed by atoms with Gasteiger partial charge >= 0.3 is 0 Å². The molecule has 0 aliphatic carbocycles. The van der Waals surface area contributed by atoms with Crippen molar-refractivity contribution in [1.82, 2.24) is 19.4 Å². The first-order valence-corrected chi connectivity index (χ1v) is 8.49. The van der Waals surface area contributed by atoms with Crippen molar-refractivity contribution >= 4 is 0 Å². The van der Waals surface area contributed by atoms with Gasteiger partial charge in [-0.1, -0.05) is 30.3 Å². The molecule has 4 heteroatoms. The molecule has 0 unspecified atom stereocenters. The Morgan fingerprint density at radius 2 is 1.71 bits per heavy atom. The number of nitrogens with zero attached hydrogens (tertiary/aromatic N) is 4. The molecular weight excluding hydrogens is 296 g/mol. The van der Waals surface area contributed by atoms with Crippen LogP contribution in [0.1, 0.15) is 23.7 Å².